The number of piperidine rings is 1. The van der Waals surface area contributed by atoms with E-state index in [-0.39, 0.29) is 74.8 Å². The van der Waals surface area contributed by atoms with Crippen LogP contribution in [-0.2, 0) is 20.9 Å². The topological polar surface area (TPSA) is 145 Å². The highest BCUT2D eigenvalue weighted by Crippen LogP contribution is 2.34. The maximum atomic E-state index is 14.8. The summed E-state index contributed by atoms with van der Waals surface area (Å²) in [4.78, 5) is 53.1. The highest BCUT2D eigenvalue weighted by molar-refractivity contribution is 5.95. The van der Waals surface area contributed by atoms with E-state index in [2.05, 4.69) is 16.0 Å². The second-order valence-electron chi connectivity index (χ2n) is 11.6. The summed E-state index contributed by atoms with van der Waals surface area (Å²) in [5.41, 5.74) is -0.599. The summed E-state index contributed by atoms with van der Waals surface area (Å²) in [5, 5.41) is 8.40. The number of hydrogen-bond donors (Lipinski definition) is 3. The fourth-order valence-corrected chi connectivity index (χ4v) is 5.90. The van der Waals surface area contributed by atoms with Crippen LogP contribution in [0.15, 0.2) is 60.7 Å². The quantitative estimate of drug-likeness (QED) is 0.386. The smallest absolute Gasteiger partial charge is 0.264 e. The van der Waals surface area contributed by atoms with E-state index in [4.69, 9.17) is 18.9 Å². The molecular weight excluding hydrogens is 611 g/mol. The van der Waals surface area contributed by atoms with Crippen molar-refractivity contribution in [1.29, 1.82) is 0 Å². The summed E-state index contributed by atoms with van der Waals surface area (Å²) in [5.74, 6) is -0.0584. The molecule has 47 heavy (non-hydrogen) atoms. The van der Waals surface area contributed by atoms with Crippen molar-refractivity contribution in [3.8, 4) is 28.7 Å². The van der Waals surface area contributed by atoms with Crippen LogP contribution in [0.25, 0.3) is 0 Å². The van der Waals surface area contributed by atoms with Crippen LogP contribution in [0.4, 0.5) is 4.39 Å². The molecule has 12 nitrogen and oxygen atoms in total. The van der Waals surface area contributed by atoms with E-state index in [1.165, 1.54) is 25.3 Å². The number of rotatable bonds is 2. The number of benzene rings is 3. The van der Waals surface area contributed by atoms with Crippen LogP contribution in [-0.4, -0.2) is 73.5 Å². The predicted octanol–water partition coefficient (Wildman–Crippen LogP) is 3.08. The van der Waals surface area contributed by atoms with Gasteiger partial charge in [0.1, 0.15) is 35.7 Å². The molecule has 246 valence electrons. The molecule has 0 radical (unpaired) electrons. The number of carbonyl (C=O) groups is 4. The third-order valence-corrected chi connectivity index (χ3v) is 8.42. The zero-order valence-corrected chi connectivity index (χ0v) is 25.8. The Balaban J connectivity index is 1.27. The molecule has 0 saturated carbocycles. The molecule has 4 heterocycles. The number of methoxy groups -OCH3 is 1. The van der Waals surface area contributed by atoms with Gasteiger partial charge in [-0.3, -0.25) is 19.2 Å². The Morgan fingerprint density at radius 2 is 1.72 bits per heavy atom. The molecule has 13 heteroatoms. The molecule has 0 aromatic heterocycles. The number of ether oxygens (including phenoxy) is 4. The van der Waals surface area contributed by atoms with E-state index < -0.39 is 23.4 Å². The van der Waals surface area contributed by atoms with Crippen LogP contribution in [0.5, 0.6) is 28.7 Å². The minimum atomic E-state index is -1.33. The van der Waals surface area contributed by atoms with E-state index in [9.17, 15) is 23.6 Å². The standard InChI is InChI=1S/C34H35FN4O8/c1-44-28-8-2-22-18-29(28)46-26-17-21(16-23(35)19-26)20-37-33(43)34(10-13-39(14-11-34)32(42)27-7-9-30(40)38-27)47-25-5-3-24(4-6-25)45-15-12-36-31(22)41/h2-6,8,16-19,27H,7,9-15,20H2,1H3,(H,36,41)(H,37,43)(H,38,40). The highest BCUT2D eigenvalue weighted by atomic mass is 19.1. The molecule has 3 aromatic carbocycles. The Morgan fingerprint density at radius 1 is 0.957 bits per heavy atom. The summed E-state index contributed by atoms with van der Waals surface area (Å²) in [6.07, 6.45) is 1.13. The van der Waals surface area contributed by atoms with Gasteiger partial charge in [-0.05, 0) is 66.6 Å². The lowest BCUT2D eigenvalue weighted by Gasteiger charge is -2.41. The molecule has 3 N–H and O–H groups in total. The fourth-order valence-electron chi connectivity index (χ4n) is 5.90. The molecule has 3 aromatic rings. The monoisotopic (exact) mass is 646 g/mol. The van der Waals surface area contributed by atoms with Crippen molar-refractivity contribution >= 4 is 23.6 Å². The van der Waals surface area contributed by atoms with E-state index >= 15 is 0 Å². The molecule has 0 aliphatic carbocycles. The van der Waals surface area contributed by atoms with Gasteiger partial charge in [-0.25, -0.2) is 4.39 Å². The SMILES string of the molecule is COc1ccc2cc1Oc1cc(F)cc(c1)CNC(=O)C1(CCN(C(=O)C3CCC(=O)N3)CC1)Oc1ccc(cc1)OCCNC2=O. The molecule has 7 rings (SSSR count). The van der Waals surface area contributed by atoms with Gasteiger partial charge in [0.05, 0.1) is 13.7 Å². The van der Waals surface area contributed by atoms with Gasteiger partial charge in [-0.2, -0.15) is 0 Å². The van der Waals surface area contributed by atoms with Crippen molar-refractivity contribution in [3.05, 3.63) is 77.6 Å². The van der Waals surface area contributed by atoms with Gasteiger partial charge in [0.15, 0.2) is 17.1 Å². The average Bonchev–Trinajstić information content (AvgIpc) is 3.51. The molecule has 1 atom stereocenters. The number of nitrogens with zero attached hydrogens (tertiary/aromatic N) is 1. The summed E-state index contributed by atoms with van der Waals surface area (Å²) >= 11 is 0. The second kappa shape index (κ2) is 13.6. The molecule has 4 aliphatic rings. The summed E-state index contributed by atoms with van der Waals surface area (Å²) in [6, 6.07) is 14.9. The Kier molecular flexibility index (Phi) is 9.14. The fraction of sp³-hybridized carbons (Fsp3) is 0.353. The lowest BCUT2D eigenvalue weighted by Crippen LogP contribution is -2.59. The van der Waals surface area contributed by atoms with Gasteiger partial charge in [-0.1, -0.05) is 0 Å². The Morgan fingerprint density at radius 3 is 2.45 bits per heavy atom. The first-order chi connectivity index (χ1) is 22.7. The van der Waals surface area contributed by atoms with Crippen molar-refractivity contribution in [2.24, 2.45) is 0 Å². The molecule has 6 bridgehead atoms. The number of halogens is 1. The van der Waals surface area contributed by atoms with Gasteiger partial charge in [0, 0.05) is 50.5 Å². The van der Waals surface area contributed by atoms with Gasteiger partial charge >= 0.3 is 0 Å². The first kappa shape index (κ1) is 31.6. The van der Waals surface area contributed by atoms with Gasteiger partial charge < -0.3 is 39.8 Å². The molecule has 1 unspecified atom stereocenters. The number of nitrogens with one attached hydrogen (secondary N) is 3. The zero-order chi connectivity index (χ0) is 33.0. The Hall–Kier alpha value is -5.33. The summed E-state index contributed by atoms with van der Waals surface area (Å²) in [7, 11) is 1.45. The molecular formula is C34H35FN4O8. The van der Waals surface area contributed by atoms with Crippen LogP contribution in [0, 0.1) is 5.82 Å². The number of hydrogen-bond acceptors (Lipinski definition) is 8. The second-order valence-corrected chi connectivity index (χ2v) is 11.6. The normalized spacial score (nSPS) is 19.7. The number of likely N-dealkylation sites (tertiary alicyclic amines) is 1. The Labute approximate surface area is 270 Å². The minimum absolute atomic E-state index is 0.0405. The van der Waals surface area contributed by atoms with Gasteiger partial charge in [-0.15, -0.1) is 0 Å². The first-order valence-corrected chi connectivity index (χ1v) is 15.4. The number of amides is 4. The number of fused-ring (bicyclic) bond motifs is 8. The van der Waals surface area contributed by atoms with Crippen molar-refractivity contribution in [2.75, 3.05) is 33.4 Å². The average molecular weight is 647 g/mol. The first-order valence-electron chi connectivity index (χ1n) is 15.4. The zero-order valence-electron chi connectivity index (χ0n) is 25.8. The van der Waals surface area contributed by atoms with Crippen LogP contribution in [0.1, 0.15) is 41.6 Å². The molecule has 1 spiro atoms. The van der Waals surface area contributed by atoms with Crippen LogP contribution in [0.2, 0.25) is 0 Å². The molecule has 2 fully saturated rings. The van der Waals surface area contributed by atoms with Crippen molar-refractivity contribution in [3.63, 3.8) is 0 Å². The third-order valence-electron chi connectivity index (χ3n) is 8.42. The van der Waals surface area contributed by atoms with Crippen molar-refractivity contribution < 1.29 is 42.5 Å². The molecule has 4 aliphatic heterocycles. The van der Waals surface area contributed by atoms with E-state index in [1.807, 2.05) is 0 Å². The molecule has 4 amide bonds. The third kappa shape index (κ3) is 7.24. The highest BCUT2D eigenvalue weighted by Gasteiger charge is 2.45. The molecule has 2 saturated heterocycles. The van der Waals surface area contributed by atoms with E-state index in [1.54, 1.807) is 47.4 Å². The lowest BCUT2D eigenvalue weighted by atomic mass is 9.89. The maximum Gasteiger partial charge on any atom is 0.264 e. The van der Waals surface area contributed by atoms with Crippen LogP contribution >= 0.6 is 0 Å². The minimum Gasteiger partial charge on any atom is -0.493 e. The van der Waals surface area contributed by atoms with E-state index in [0.717, 1.165) is 0 Å². The van der Waals surface area contributed by atoms with Gasteiger partial charge in [0.25, 0.3) is 11.8 Å². The van der Waals surface area contributed by atoms with Crippen molar-refractivity contribution in [1.82, 2.24) is 20.9 Å². The van der Waals surface area contributed by atoms with Crippen LogP contribution in [0.3, 0.4) is 0 Å². The number of carbonyl (C=O) groups excluding carboxylic acids is 4. The largest absolute Gasteiger partial charge is 0.493 e. The predicted molar refractivity (Wildman–Crippen MR) is 166 cm³/mol. The van der Waals surface area contributed by atoms with Crippen molar-refractivity contribution in [2.45, 2.75) is 43.9 Å². The van der Waals surface area contributed by atoms with Gasteiger partial charge in [0.2, 0.25) is 11.8 Å². The van der Waals surface area contributed by atoms with Crippen LogP contribution < -0.4 is 34.9 Å². The summed E-state index contributed by atoms with van der Waals surface area (Å²) < 4.78 is 38.3. The maximum absolute atomic E-state index is 14.8. The Bertz CT molecular complexity index is 1670. The van der Waals surface area contributed by atoms with E-state index in [0.29, 0.717) is 41.2 Å². The summed E-state index contributed by atoms with van der Waals surface area (Å²) in [6.45, 7) is 0.848. The lowest BCUT2D eigenvalue weighted by molar-refractivity contribution is -0.147.